The van der Waals surface area contributed by atoms with Crippen LogP contribution in [0.5, 0.6) is 0 Å². The summed E-state index contributed by atoms with van der Waals surface area (Å²) in [5.74, 6) is -0.515. The molecule has 0 aliphatic carbocycles. The van der Waals surface area contributed by atoms with Crippen LogP contribution in [0.25, 0.3) is 0 Å². The van der Waals surface area contributed by atoms with Crippen molar-refractivity contribution in [3.05, 3.63) is 59.7 Å². The fourth-order valence-electron chi connectivity index (χ4n) is 3.18. The average Bonchev–Trinajstić information content (AvgIpc) is 2.67. The molecule has 2 aromatic rings. The smallest absolute Gasteiger partial charge is 0.255 e. The number of hydrogen-bond donors (Lipinski definition) is 2. The Bertz CT molecular complexity index is 982. The predicted octanol–water partition coefficient (Wildman–Crippen LogP) is 2.94. The molecule has 7 nitrogen and oxygen atoms in total. The molecule has 0 radical (unpaired) electrons. The van der Waals surface area contributed by atoms with E-state index >= 15 is 0 Å². The minimum Gasteiger partial charge on any atom is -0.339 e. The van der Waals surface area contributed by atoms with Crippen molar-refractivity contribution < 1.29 is 18.0 Å². The molecule has 28 heavy (non-hydrogen) atoms. The summed E-state index contributed by atoms with van der Waals surface area (Å²) in [5.41, 5.74) is 1.47. The fourth-order valence-corrected chi connectivity index (χ4v) is 3.73. The van der Waals surface area contributed by atoms with Gasteiger partial charge in [0.25, 0.3) is 11.8 Å². The molecule has 1 heterocycles. The molecule has 8 heteroatoms. The molecule has 3 rings (SSSR count). The largest absolute Gasteiger partial charge is 0.339 e. The standard InChI is InChI=1S/C20H23N3O4S/c1-28(26,27)22-16-9-7-8-15(14-16)19(24)21-18-11-4-3-10-17(18)20(25)23-12-5-2-6-13-23/h3-4,7-11,14,22H,2,5-6,12-13H2,1H3,(H,21,24). The van der Waals surface area contributed by atoms with E-state index in [9.17, 15) is 18.0 Å². The Hall–Kier alpha value is -2.87. The Labute approximate surface area is 164 Å². The van der Waals surface area contributed by atoms with Gasteiger partial charge in [0.2, 0.25) is 10.0 Å². The van der Waals surface area contributed by atoms with Crippen LogP contribution < -0.4 is 10.0 Å². The Kier molecular flexibility index (Phi) is 5.99. The average molecular weight is 401 g/mol. The molecule has 0 spiro atoms. The van der Waals surface area contributed by atoms with Crippen LogP contribution in [0.15, 0.2) is 48.5 Å². The number of piperidine rings is 1. The summed E-state index contributed by atoms with van der Waals surface area (Å²) >= 11 is 0. The summed E-state index contributed by atoms with van der Waals surface area (Å²) in [7, 11) is -3.44. The summed E-state index contributed by atoms with van der Waals surface area (Å²) in [6, 6.07) is 13.1. The van der Waals surface area contributed by atoms with Crippen molar-refractivity contribution >= 4 is 33.2 Å². The first-order valence-corrected chi connectivity index (χ1v) is 11.0. The summed E-state index contributed by atoms with van der Waals surface area (Å²) in [6.45, 7) is 1.45. The lowest BCUT2D eigenvalue weighted by Crippen LogP contribution is -2.36. The molecule has 1 saturated heterocycles. The second-order valence-electron chi connectivity index (χ2n) is 6.81. The monoisotopic (exact) mass is 401 g/mol. The van der Waals surface area contributed by atoms with Crippen molar-refractivity contribution in [3.8, 4) is 0 Å². The Morgan fingerprint density at radius 3 is 2.39 bits per heavy atom. The first-order valence-electron chi connectivity index (χ1n) is 9.11. The summed E-state index contributed by atoms with van der Waals surface area (Å²) in [5, 5.41) is 2.77. The first-order chi connectivity index (χ1) is 13.3. The number of benzene rings is 2. The van der Waals surface area contributed by atoms with Crippen molar-refractivity contribution in [2.45, 2.75) is 19.3 Å². The van der Waals surface area contributed by atoms with E-state index in [1.807, 2.05) is 4.90 Å². The van der Waals surface area contributed by atoms with Gasteiger partial charge in [-0.05, 0) is 49.6 Å². The van der Waals surface area contributed by atoms with Gasteiger partial charge in [0.05, 0.1) is 17.5 Å². The van der Waals surface area contributed by atoms with Gasteiger partial charge in [0, 0.05) is 24.3 Å². The van der Waals surface area contributed by atoms with Crippen molar-refractivity contribution in [2.24, 2.45) is 0 Å². The maximum atomic E-state index is 12.8. The molecule has 148 valence electrons. The van der Waals surface area contributed by atoms with E-state index in [0.29, 0.717) is 16.9 Å². The van der Waals surface area contributed by atoms with E-state index in [4.69, 9.17) is 0 Å². The van der Waals surface area contributed by atoms with Crippen LogP contribution in [0, 0.1) is 0 Å². The molecule has 0 saturated carbocycles. The van der Waals surface area contributed by atoms with Gasteiger partial charge >= 0.3 is 0 Å². The highest BCUT2D eigenvalue weighted by atomic mass is 32.2. The maximum absolute atomic E-state index is 12.8. The quantitative estimate of drug-likeness (QED) is 0.805. The van der Waals surface area contributed by atoms with Gasteiger partial charge in [0.1, 0.15) is 0 Å². The highest BCUT2D eigenvalue weighted by Crippen LogP contribution is 2.21. The van der Waals surface area contributed by atoms with Crippen LogP contribution in [-0.4, -0.2) is 44.5 Å². The van der Waals surface area contributed by atoms with Crippen LogP contribution in [-0.2, 0) is 10.0 Å². The highest BCUT2D eigenvalue weighted by Gasteiger charge is 2.21. The number of carbonyl (C=O) groups is 2. The van der Waals surface area contributed by atoms with Gasteiger partial charge in [-0.1, -0.05) is 18.2 Å². The van der Waals surface area contributed by atoms with Crippen molar-refractivity contribution in [2.75, 3.05) is 29.4 Å². The third-order valence-electron chi connectivity index (χ3n) is 4.48. The number of anilines is 2. The molecule has 0 bridgehead atoms. The SMILES string of the molecule is CS(=O)(=O)Nc1cccc(C(=O)Nc2ccccc2C(=O)N2CCCCC2)c1. The van der Waals surface area contributed by atoms with Crippen LogP contribution in [0.4, 0.5) is 11.4 Å². The predicted molar refractivity (Wildman–Crippen MR) is 109 cm³/mol. The Morgan fingerprint density at radius 2 is 1.68 bits per heavy atom. The number of nitrogens with one attached hydrogen (secondary N) is 2. The molecule has 2 amide bonds. The molecule has 0 aromatic heterocycles. The molecule has 0 atom stereocenters. The van der Waals surface area contributed by atoms with Gasteiger partial charge in [-0.2, -0.15) is 0 Å². The minimum atomic E-state index is -3.44. The third kappa shape index (κ3) is 5.10. The van der Waals surface area contributed by atoms with Gasteiger partial charge in [-0.25, -0.2) is 8.42 Å². The van der Waals surface area contributed by atoms with E-state index < -0.39 is 15.9 Å². The van der Waals surface area contributed by atoms with E-state index in [2.05, 4.69) is 10.0 Å². The number of nitrogens with zero attached hydrogens (tertiary/aromatic N) is 1. The van der Waals surface area contributed by atoms with E-state index in [1.165, 1.54) is 6.07 Å². The number of para-hydroxylation sites is 1. The topological polar surface area (TPSA) is 95.6 Å². The maximum Gasteiger partial charge on any atom is 0.255 e. The lowest BCUT2D eigenvalue weighted by molar-refractivity contribution is 0.0725. The second kappa shape index (κ2) is 8.43. The normalized spacial score (nSPS) is 14.4. The van der Waals surface area contributed by atoms with E-state index in [1.54, 1.807) is 42.5 Å². The molecular formula is C20H23N3O4S. The first kappa shape index (κ1) is 19.9. The number of likely N-dealkylation sites (tertiary alicyclic amines) is 1. The van der Waals surface area contributed by atoms with Gasteiger partial charge < -0.3 is 10.2 Å². The summed E-state index contributed by atoms with van der Waals surface area (Å²) in [4.78, 5) is 27.3. The van der Waals surface area contributed by atoms with Gasteiger partial charge in [0.15, 0.2) is 0 Å². The van der Waals surface area contributed by atoms with Crippen molar-refractivity contribution in [1.82, 2.24) is 4.90 Å². The van der Waals surface area contributed by atoms with E-state index in [-0.39, 0.29) is 11.5 Å². The molecule has 1 aliphatic heterocycles. The Morgan fingerprint density at radius 1 is 0.964 bits per heavy atom. The molecular weight excluding hydrogens is 378 g/mol. The molecule has 1 aliphatic rings. The molecule has 1 fully saturated rings. The zero-order valence-corrected chi connectivity index (χ0v) is 16.5. The Balaban J connectivity index is 1.79. The molecule has 2 N–H and O–H groups in total. The minimum absolute atomic E-state index is 0.0944. The highest BCUT2D eigenvalue weighted by molar-refractivity contribution is 7.92. The number of rotatable bonds is 5. The van der Waals surface area contributed by atoms with Gasteiger partial charge in [-0.15, -0.1) is 0 Å². The molecule has 0 unspecified atom stereocenters. The van der Waals surface area contributed by atoms with Crippen molar-refractivity contribution in [3.63, 3.8) is 0 Å². The van der Waals surface area contributed by atoms with Crippen LogP contribution in [0.3, 0.4) is 0 Å². The number of hydrogen-bond acceptors (Lipinski definition) is 4. The number of carbonyl (C=O) groups excluding carboxylic acids is 2. The van der Waals surface area contributed by atoms with Crippen LogP contribution in [0.1, 0.15) is 40.0 Å². The van der Waals surface area contributed by atoms with Gasteiger partial charge in [-0.3, -0.25) is 14.3 Å². The van der Waals surface area contributed by atoms with Crippen LogP contribution in [0.2, 0.25) is 0 Å². The fraction of sp³-hybridized carbons (Fsp3) is 0.300. The van der Waals surface area contributed by atoms with Crippen LogP contribution >= 0.6 is 0 Å². The number of sulfonamides is 1. The zero-order valence-electron chi connectivity index (χ0n) is 15.6. The van der Waals surface area contributed by atoms with Crippen molar-refractivity contribution in [1.29, 1.82) is 0 Å². The lowest BCUT2D eigenvalue weighted by Gasteiger charge is -2.27. The molecule has 2 aromatic carbocycles. The zero-order chi connectivity index (χ0) is 20.1. The summed E-state index contributed by atoms with van der Waals surface area (Å²) in [6.07, 6.45) is 4.14. The van der Waals surface area contributed by atoms with E-state index in [0.717, 1.165) is 38.6 Å². The summed E-state index contributed by atoms with van der Waals surface area (Å²) < 4.78 is 25.1. The third-order valence-corrected chi connectivity index (χ3v) is 5.08. The lowest BCUT2D eigenvalue weighted by atomic mass is 10.1. The number of amides is 2. The second-order valence-corrected chi connectivity index (χ2v) is 8.56.